The van der Waals surface area contributed by atoms with Crippen LogP contribution in [0.2, 0.25) is 5.02 Å². The SMILES string of the molecule is CCOCCOP(=O)(Nc1cc(-c2ccc(Cl)cc2)sc1C(=O)O)c1ccc(C)cc1C. The quantitative estimate of drug-likeness (QED) is 0.252. The van der Waals surface area contributed by atoms with Gasteiger partial charge in [-0.15, -0.1) is 11.3 Å². The van der Waals surface area contributed by atoms with Crippen LogP contribution in [-0.2, 0) is 13.8 Å². The Bertz CT molecular complexity index is 1150. The largest absolute Gasteiger partial charge is 0.477 e. The first kappa shape index (κ1) is 24.5. The van der Waals surface area contributed by atoms with Gasteiger partial charge in [0, 0.05) is 16.5 Å². The van der Waals surface area contributed by atoms with Crippen LogP contribution in [0, 0.1) is 13.8 Å². The van der Waals surface area contributed by atoms with E-state index in [4.69, 9.17) is 20.9 Å². The topological polar surface area (TPSA) is 84.9 Å². The fraction of sp³-hybridized carbons (Fsp3) is 0.261. The van der Waals surface area contributed by atoms with Gasteiger partial charge in [0.1, 0.15) is 4.88 Å². The Kier molecular flexibility index (Phi) is 8.15. The average molecular weight is 494 g/mol. The van der Waals surface area contributed by atoms with Crippen molar-refractivity contribution in [2.75, 3.05) is 24.9 Å². The smallest absolute Gasteiger partial charge is 0.348 e. The predicted molar refractivity (Wildman–Crippen MR) is 131 cm³/mol. The third kappa shape index (κ3) is 5.80. The Morgan fingerprint density at radius 1 is 1.12 bits per heavy atom. The molecule has 2 aromatic carbocycles. The third-order valence-electron chi connectivity index (χ3n) is 4.70. The van der Waals surface area contributed by atoms with Crippen molar-refractivity contribution in [2.24, 2.45) is 0 Å². The maximum atomic E-state index is 14.1. The first-order valence-electron chi connectivity index (χ1n) is 10.0. The Morgan fingerprint density at radius 2 is 1.84 bits per heavy atom. The number of nitrogens with one attached hydrogen (secondary N) is 1. The van der Waals surface area contributed by atoms with Gasteiger partial charge in [0.25, 0.3) is 0 Å². The van der Waals surface area contributed by atoms with Crippen molar-refractivity contribution < 1.29 is 23.7 Å². The summed E-state index contributed by atoms with van der Waals surface area (Å²) >= 11 is 7.07. The zero-order chi connectivity index (χ0) is 23.3. The monoisotopic (exact) mass is 493 g/mol. The van der Waals surface area contributed by atoms with Crippen LogP contribution in [0.25, 0.3) is 10.4 Å². The van der Waals surface area contributed by atoms with Gasteiger partial charge in [0.05, 0.1) is 24.2 Å². The van der Waals surface area contributed by atoms with Crippen molar-refractivity contribution in [2.45, 2.75) is 20.8 Å². The number of hydrogen-bond acceptors (Lipinski definition) is 5. The number of halogens is 1. The van der Waals surface area contributed by atoms with Crippen molar-refractivity contribution in [1.82, 2.24) is 0 Å². The highest BCUT2D eigenvalue weighted by atomic mass is 35.5. The fourth-order valence-electron chi connectivity index (χ4n) is 3.21. The number of hydrogen-bond donors (Lipinski definition) is 2. The van der Waals surface area contributed by atoms with Crippen molar-refractivity contribution in [3.05, 3.63) is 69.6 Å². The van der Waals surface area contributed by atoms with Crippen LogP contribution in [0.1, 0.15) is 27.7 Å². The lowest BCUT2D eigenvalue weighted by molar-refractivity contribution is 0.0703. The highest BCUT2D eigenvalue weighted by Gasteiger charge is 2.31. The molecule has 2 N–H and O–H groups in total. The molecule has 3 aromatic rings. The summed E-state index contributed by atoms with van der Waals surface area (Å²) < 4.78 is 25.2. The minimum absolute atomic E-state index is 0.0494. The maximum Gasteiger partial charge on any atom is 0.348 e. The zero-order valence-electron chi connectivity index (χ0n) is 18.1. The second-order valence-corrected chi connectivity index (χ2v) is 10.7. The molecule has 0 aliphatic carbocycles. The molecule has 1 atom stereocenters. The van der Waals surface area contributed by atoms with Crippen molar-refractivity contribution >= 4 is 47.4 Å². The van der Waals surface area contributed by atoms with Gasteiger partial charge in [0.2, 0.25) is 0 Å². The summed E-state index contributed by atoms with van der Waals surface area (Å²) in [5.41, 5.74) is 2.88. The molecular weight excluding hydrogens is 469 g/mol. The molecular formula is C23H25ClNO5PS. The number of carbonyl (C=O) groups is 1. The molecule has 6 nitrogen and oxygen atoms in total. The van der Waals surface area contributed by atoms with Gasteiger partial charge >= 0.3 is 13.5 Å². The van der Waals surface area contributed by atoms with Crippen molar-refractivity contribution in [1.29, 1.82) is 0 Å². The normalized spacial score (nSPS) is 13.0. The Labute approximate surface area is 196 Å². The molecule has 0 bridgehead atoms. The van der Waals surface area contributed by atoms with Crippen LogP contribution in [0.15, 0.2) is 48.5 Å². The molecule has 0 spiro atoms. The molecule has 0 saturated carbocycles. The Morgan fingerprint density at radius 3 is 2.47 bits per heavy atom. The van der Waals surface area contributed by atoms with Gasteiger partial charge < -0.3 is 19.5 Å². The third-order valence-corrected chi connectivity index (χ3v) is 8.34. The molecule has 0 saturated heterocycles. The lowest BCUT2D eigenvalue weighted by atomic mass is 10.2. The van der Waals surface area contributed by atoms with E-state index in [1.165, 1.54) is 0 Å². The molecule has 1 aromatic heterocycles. The molecule has 170 valence electrons. The van der Waals surface area contributed by atoms with E-state index in [1.807, 2.05) is 45.0 Å². The lowest BCUT2D eigenvalue weighted by Gasteiger charge is -2.22. The van der Waals surface area contributed by atoms with Gasteiger partial charge in [-0.25, -0.2) is 4.79 Å². The molecule has 0 aliphatic heterocycles. The summed E-state index contributed by atoms with van der Waals surface area (Å²) in [6.07, 6.45) is 0. The molecule has 9 heteroatoms. The molecule has 32 heavy (non-hydrogen) atoms. The van der Waals surface area contributed by atoms with E-state index < -0.39 is 13.5 Å². The van der Waals surface area contributed by atoms with E-state index >= 15 is 0 Å². The summed E-state index contributed by atoms with van der Waals surface area (Å²) in [5.74, 6) is -1.11. The van der Waals surface area contributed by atoms with E-state index in [9.17, 15) is 14.5 Å². The zero-order valence-corrected chi connectivity index (χ0v) is 20.5. The number of carboxylic acid groups (broad SMARTS) is 1. The molecule has 0 fully saturated rings. The number of aryl methyl sites for hydroxylation is 2. The standard InChI is InChI=1S/C23H25ClNO5PS/c1-4-29-11-12-30-31(28,20-10-5-15(2)13-16(20)3)25-19-14-21(32-22(19)23(26)27)17-6-8-18(24)9-7-17/h5-10,13-14H,4,11-12H2,1-3H3,(H,25,28)(H,26,27). The van der Waals surface area contributed by atoms with E-state index in [2.05, 4.69) is 5.09 Å². The van der Waals surface area contributed by atoms with Gasteiger partial charge in [-0.2, -0.15) is 0 Å². The van der Waals surface area contributed by atoms with Crippen LogP contribution in [0.4, 0.5) is 5.69 Å². The lowest BCUT2D eigenvalue weighted by Crippen LogP contribution is -2.19. The highest BCUT2D eigenvalue weighted by molar-refractivity contribution is 7.68. The number of carboxylic acids is 1. The second kappa shape index (κ2) is 10.6. The predicted octanol–water partition coefficient (Wildman–Crippen LogP) is 6.37. The summed E-state index contributed by atoms with van der Waals surface area (Å²) in [5, 5.41) is 13.8. The Balaban J connectivity index is 2.02. The number of ether oxygens (including phenoxy) is 1. The van der Waals surface area contributed by atoms with Crippen LogP contribution < -0.4 is 10.4 Å². The molecule has 1 unspecified atom stereocenters. The Hall–Kier alpha value is -2.15. The van der Waals surface area contributed by atoms with Crippen molar-refractivity contribution in [3.8, 4) is 10.4 Å². The first-order chi connectivity index (χ1) is 15.2. The summed E-state index contributed by atoms with van der Waals surface area (Å²) in [4.78, 5) is 12.7. The van der Waals surface area contributed by atoms with E-state index in [1.54, 1.807) is 24.3 Å². The summed E-state index contributed by atoms with van der Waals surface area (Å²) in [7, 11) is -3.65. The van der Waals surface area contributed by atoms with Gasteiger partial charge in [-0.05, 0) is 56.2 Å². The van der Waals surface area contributed by atoms with Gasteiger partial charge in [0.15, 0.2) is 0 Å². The van der Waals surface area contributed by atoms with E-state index in [-0.39, 0.29) is 23.8 Å². The van der Waals surface area contributed by atoms with E-state index in [0.29, 0.717) is 21.8 Å². The van der Waals surface area contributed by atoms with Crippen LogP contribution in [-0.4, -0.2) is 30.9 Å². The molecule has 0 radical (unpaired) electrons. The highest BCUT2D eigenvalue weighted by Crippen LogP contribution is 2.49. The van der Waals surface area contributed by atoms with Gasteiger partial charge in [-0.1, -0.05) is 41.4 Å². The molecule has 3 rings (SSSR count). The fourth-order valence-corrected chi connectivity index (χ4v) is 6.32. The molecule has 0 aliphatic rings. The number of aromatic carboxylic acids is 1. The van der Waals surface area contributed by atoms with Crippen LogP contribution in [0.3, 0.4) is 0 Å². The first-order valence-corrected chi connectivity index (χ1v) is 12.9. The van der Waals surface area contributed by atoms with Crippen LogP contribution >= 0.6 is 30.5 Å². The molecule has 1 heterocycles. The minimum Gasteiger partial charge on any atom is -0.477 e. The summed E-state index contributed by atoms with van der Waals surface area (Å²) in [6, 6.07) is 14.3. The minimum atomic E-state index is -3.65. The second-order valence-electron chi connectivity index (χ2n) is 7.15. The average Bonchev–Trinajstić information content (AvgIpc) is 3.15. The molecule has 0 amide bonds. The number of thiophene rings is 1. The summed E-state index contributed by atoms with van der Waals surface area (Å²) in [6.45, 7) is 6.56. The number of rotatable bonds is 10. The van der Waals surface area contributed by atoms with Crippen LogP contribution in [0.5, 0.6) is 0 Å². The van der Waals surface area contributed by atoms with Crippen molar-refractivity contribution in [3.63, 3.8) is 0 Å². The van der Waals surface area contributed by atoms with E-state index in [0.717, 1.165) is 28.0 Å². The maximum absolute atomic E-state index is 14.1. The number of benzene rings is 2. The van der Waals surface area contributed by atoms with Gasteiger partial charge in [-0.3, -0.25) is 4.57 Å². The number of anilines is 1.